The van der Waals surface area contributed by atoms with Gasteiger partial charge in [-0.05, 0) is 31.2 Å². The highest BCUT2D eigenvalue weighted by Gasteiger charge is 2.20. The van der Waals surface area contributed by atoms with E-state index in [9.17, 15) is 8.42 Å². The van der Waals surface area contributed by atoms with Gasteiger partial charge in [0.05, 0.1) is 14.2 Å². The lowest BCUT2D eigenvalue weighted by Crippen LogP contribution is -2.14. The van der Waals surface area contributed by atoms with E-state index < -0.39 is 10.0 Å². The van der Waals surface area contributed by atoms with Gasteiger partial charge in [0, 0.05) is 11.8 Å². The van der Waals surface area contributed by atoms with Crippen LogP contribution in [0.3, 0.4) is 0 Å². The Labute approximate surface area is 124 Å². The molecular weight excluding hydrogens is 290 g/mol. The number of aryl methyl sites for hydroxylation is 1. The van der Waals surface area contributed by atoms with Gasteiger partial charge in [-0.2, -0.15) is 0 Å². The third kappa shape index (κ3) is 3.46. The average Bonchev–Trinajstić information content (AvgIpc) is 2.48. The summed E-state index contributed by atoms with van der Waals surface area (Å²) in [7, 11) is -0.801. The Morgan fingerprint density at radius 1 is 0.952 bits per heavy atom. The lowest BCUT2D eigenvalue weighted by Gasteiger charge is -2.12. The van der Waals surface area contributed by atoms with E-state index in [-0.39, 0.29) is 10.6 Å². The molecule has 0 amide bonds. The fourth-order valence-electron chi connectivity index (χ4n) is 1.83. The molecule has 0 atom stereocenters. The smallest absolute Gasteiger partial charge is 0.265 e. The standard InChI is InChI=1S/C15H17NO4S/c1-11-4-6-12(7-5-11)16-21(17,18)15-9-8-13(19-2)10-14(15)20-3/h4-10,16H,1-3H3. The van der Waals surface area contributed by atoms with Gasteiger partial charge in [0.25, 0.3) is 10.0 Å². The van der Waals surface area contributed by atoms with Gasteiger partial charge in [-0.25, -0.2) is 8.42 Å². The summed E-state index contributed by atoms with van der Waals surface area (Å²) >= 11 is 0. The number of methoxy groups -OCH3 is 2. The van der Waals surface area contributed by atoms with Crippen molar-refractivity contribution >= 4 is 15.7 Å². The number of hydrogen-bond acceptors (Lipinski definition) is 4. The zero-order valence-electron chi connectivity index (χ0n) is 12.1. The summed E-state index contributed by atoms with van der Waals surface area (Å²) in [6.45, 7) is 1.94. The van der Waals surface area contributed by atoms with E-state index in [1.807, 2.05) is 19.1 Å². The lowest BCUT2D eigenvalue weighted by molar-refractivity contribution is 0.386. The van der Waals surface area contributed by atoms with Crippen molar-refractivity contribution in [2.45, 2.75) is 11.8 Å². The minimum absolute atomic E-state index is 0.0615. The van der Waals surface area contributed by atoms with Crippen molar-refractivity contribution in [3.63, 3.8) is 0 Å². The van der Waals surface area contributed by atoms with Crippen molar-refractivity contribution in [1.29, 1.82) is 0 Å². The van der Waals surface area contributed by atoms with Crippen LogP contribution in [0, 0.1) is 6.92 Å². The Morgan fingerprint density at radius 3 is 2.19 bits per heavy atom. The first-order valence-corrected chi connectivity index (χ1v) is 7.76. The summed E-state index contributed by atoms with van der Waals surface area (Å²) in [5.41, 5.74) is 1.55. The molecule has 1 N–H and O–H groups in total. The van der Waals surface area contributed by atoms with Crippen LogP contribution < -0.4 is 14.2 Å². The third-order valence-electron chi connectivity index (χ3n) is 2.96. The van der Waals surface area contributed by atoms with Crippen molar-refractivity contribution in [2.75, 3.05) is 18.9 Å². The number of ether oxygens (including phenoxy) is 2. The number of benzene rings is 2. The molecular formula is C15H17NO4S. The van der Waals surface area contributed by atoms with Crippen LogP contribution in [-0.4, -0.2) is 22.6 Å². The summed E-state index contributed by atoms with van der Waals surface area (Å²) < 4.78 is 37.6. The molecule has 0 saturated heterocycles. The molecule has 21 heavy (non-hydrogen) atoms. The number of anilines is 1. The van der Waals surface area contributed by atoms with Gasteiger partial charge >= 0.3 is 0 Å². The van der Waals surface area contributed by atoms with Crippen LogP contribution in [0.1, 0.15) is 5.56 Å². The van der Waals surface area contributed by atoms with Crippen molar-refractivity contribution < 1.29 is 17.9 Å². The molecule has 0 aliphatic heterocycles. The van der Waals surface area contributed by atoms with Crippen molar-refractivity contribution in [3.05, 3.63) is 48.0 Å². The fourth-order valence-corrected chi connectivity index (χ4v) is 3.04. The maximum Gasteiger partial charge on any atom is 0.265 e. The van der Waals surface area contributed by atoms with E-state index in [2.05, 4.69) is 4.72 Å². The van der Waals surface area contributed by atoms with Gasteiger partial charge in [-0.1, -0.05) is 17.7 Å². The monoisotopic (exact) mass is 307 g/mol. The molecule has 0 saturated carbocycles. The molecule has 0 bridgehead atoms. The van der Waals surface area contributed by atoms with Gasteiger partial charge in [-0.15, -0.1) is 0 Å². The minimum atomic E-state index is -3.72. The zero-order chi connectivity index (χ0) is 15.5. The van der Waals surface area contributed by atoms with Gasteiger partial charge in [0.15, 0.2) is 0 Å². The van der Waals surface area contributed by atoms with Gasteiger partial charge in [0.2, 0.25) is 0 Å². The molecule has 0 heterocycles. The summed E-state index contributed by atoms with van der Waals surface area (Å²) in [5.74, 6) is 0.759. The minimum Gasteiger partial charge on any atom is -0.497 e. The molecule has 0 fully saturated rings. The van der Waals surface area contributed by atoms with Crippen LogP contribution in [0.25, 0.3) is 0 Å². The maximum absolute atomic E-state index is 12.4. The highest BCUT2D eigenvalue weighted by atomic mass is 32.2. The molecule has 0 spiro atoms. The van der Waals surface area contributed by atoms with Gasteiger partial charge in [-0.3, -0.25) is 4.72 Å². The zero-order valence-corrected chi connectivity index (χ0v) is 12.9. The number of rotatable bonds is 5. The van der Waals surface area contributed by atoms with Crippen LogP contribution in [-0.2, 0) is 10.0 Å². The maximum atomic E-state index is 12.4. The summed E-state index contributed by atoms with van der Waals surface area (Å²) in [4.78, 5) is 0.0615. The molecule has 0 unspecified atom stereocenters. The summed E-state index contributed by atoms with van der Waals surface area (Å²) in [5, 5.41) is 0. The second-order valence-electron chi connectivity index (χ2n) is 4.49. The topological polar surface area (TPSA) is 64.6 Å². The molecule has 2 aromatic rings. The van der Waals surface area contributed by atoms with Crippen LogP contribution in [0.5, 0.6) is 11.5 Å². The van der Waals surface area contributed by atoms with Crippen LogP contribution >= 0.6 is 0 Å². The molecule has 0 aromatic heterocycles. The predicted molar refractivity (Wildman–Crippen MR) is 81.5 cm³/mol. The van der Waals surface area contributed by atoms with E-state index in [0.717, 1.165) is 5.56 Å². The van der Waals surface area contributed by atoms with E-state index in [1.54, 1.807) is 18.2 Å². The van der Waals surface area contributed by atoms with Crippen LogP contribution in [0.15, 0.2) is 47.4 Å². The summed E-state index contributed by atoms with van der Waals surface area (Å²) in [6, 6.07) is 11.7. The molecule has 5 nitrogen and oxygen atoms in total. The van der Waals surface area contributed by atoms with Crippen LogP contribution in [0.4, 0.5) is 5.69 Å². The SMILES string of the molecule is COc1ccc(S(=O)(=O)Nc2ccc(C)cc2)c(OC)c1. The Bertz CT molecular complexity index is 724. The third-order valence-corrected chi connectivity index (χ3v) is 4.38. The highest BCUT2D eigenvalue weighted by Crippen LogP contribution is 2.29. The van der Waals surface area contributed by atoms with Crippen molar-refractivity contribution in [3.8, 4) is 11.5 Å². The first-order chi connectivity index (χ1) is 9.96. The molecule has 0 aliphatic carbocycles. The Balaban J connectivity index is 2.37. The first-order valence-electron chi connectivity index (χ1n) is 6.28. The lowest BCUT2D eigenvalue weighted by atomic mass is 10.2. The Morgan fingerprint density at radius 2 is 1.62 bits per heavy atom. The second-order valence-corrected chi connectivity index (χ2v) is 6.14. The molecule has 2 rings (SSSR count). The quantitative estimate of drug-likeness (QED) is 0.922. The average molecular weight is 307 g/mol. The normalized spacial score (nSPS) is 11.0. The molecule has 6 heteroatoms. The van der Waals surface area contributed by atoms with E-state index >= 15 is 0 Å². The molecule has 0 radical (unpaired) electrons. The first kappa shape index (κ1) is 15.2. The molecule has 2 aromatic carbocycles. The number of hydrogen-bond donors (Lipinski definition) is 1. The predicted octanol–water partition coefficient (Wildman–Crippen LogP) is 2.81. The van der Waals surface area contributed by atoms with E-state index in [0.29, 0.717) is 11.4 Å². The van der Waals surface area contributed by atoms with Crippen LogP contribution in [0.2, 0.25) is 0 Å². The number of nitrogens with one attached hydrogen (secondary N) is 1. The van der Waals surface area contributed by atoms with E-state index in [1.165, 1.54) is 26.4 Å². The van der Waals surface area contributed by atoms with Crippen molar-refractivity contribution in [1.82, 2.24) is 0 Å². The molecule has 0 aliphatic rings. The second kappa shape index (κ2) is 6.05. The fraction of sp³-hybridized carbons (Fsp3) is 0.200. The largest absolute Gasteiger partial charge is 0.497 e. The Kier molecular flexibility index (Phi) is 4.37. The Hall–Kier alpha value is -2.21. The summed E-state index contributed by atoms with van der Waals surface area (Å²) in [6.07, 6.45) is 0. The van der Waals surface area contributed by atoms with Gasteiger partial charge < -0.3 is 9.47 Å². The number of sulfonamides is 1. The van der Waals surface area contributed by atoms with Crippen molar-refractivity contribution in [2.24, 2.45) is 0 Å². The van der Waals surface area contributed by atoms with Gasteiger partial charge in [0.1, 0.15) is 16.4 Å². The highest BCUT2D eigenvalue weighted by molar-refractivity contribution is 7.92. The molecule has 112 valence electrons. The van der Waals surface area contributed by atoms with E-state index in [4.69, 9.17) is 9.47 Å².